The van der Waals surface area contributed by atoms with Gasteiger partial charge in [0.05, 0.1) is 17.5 Å². The first-order valence-corrected chi connectivity index (χ1v) is 12.8. The molecule has 1 aliphatic heterocycles. The second kappa shape index (κ2) is 13.1. The van der Waals surface area contributed by atoms with Gasteiger partial charge in [-0.25, -0.2) is 4.21 Å². The maximum atomic E-state index is 12.9. The first kappa shape index (κ1) is 26.5. The summed E-state index contributed by atoms with van der Waals surface area (Å²) in [6.07, 6.45) is 2.56. The van der Waals surface area contributed by atoms with Gasteiger partial charge >= 0.3 is 0 Å². The molecular weight excluding hydrogens is 454 g/mol. The highest BCUT2D eigenvalue weighted by molar-refractivity contribution is 7.80. The summed E-state index contributed by atoms with van der Waals surface area (Å²) in [7, 11) is 0. The molecule has 186 valence electrons. The number of nitrogens with one attached hydrogen (secondary N) is 2. The van der Waals surface area contributed by atoms with Gasteiger partial charge in [-0.05, 0) is 55.4 Å². The summed E-state index contributed by atoms with van der Waals surface area (Å²) in [5.41, 5.74) is 5.02. The summed E-state index contributed by atoms with van der Waals surface area (Å²) in [6.45, 7) is 6.81. The molecule has 3 atom stereocenters. The first-order chi connectivity index (χ1) is 16.4. The standard InChI is InChI=1S/C25H35N3O5S/c1-18(2)4-13-25(29)26-22-14-15-28(23(16-22)17-32-27-30)33-34(31)24-11-9-21(10-12-24)20-7-5-19(3)6-8-20/h5-12,18,22-23,27,30H,4,13-17H2,1-3H3,(H,26,29). The maximum absolute atomic E-state index is 12.9. The Morgan fingerprint density at radius 3 is 2.41 bits per heavy atom. The smallest absolute Gasteiger partial charge is 0.220 e. The Morgan fingerprint density at radius 2 is 1.79 bits per heavy atom. The molecule has 2 aromatic rings. The van der Waals surface area contributed by atoms with E-state index in [9.17, 15) is 9.00 Å². The van der Waals surface area contributed by atoms with E-state index in [1.54, 1.807) is 22.8 Å². The topological polar surface area (TPSA) is 100 Å². The zero-order chi connectivity index (χ0) is 24.5. The number of nitrogens with zero attached hydrogens (tertiary/aromatic N) is 1. The fourth-order valence-electron chi connectivity index (χ4n) is 3.90. The molecule has 3 rings (SSSR count). The lowest BCUT2D eigenvalue weighted by atomic mass is 9.99. The van der Waals surface area contributed by atoms with E-state index in [2.05, 4.69) is 43.4 Å². The molecule has 1 fully saturated rings. The molecule has 1 heterocycles. The summed E-state index contributed by atoms with van der Waals surface area (Å²) >= 11 is -1.71. The van der Waals surface area contributed by atoms with Crippen LogP contribution in [0.15, 0.2) is 53.4 Å². The zero-order valence-corrected chi connectivity index (χ0v) is 20.8. The van der Waals surface area contributed by atoms with E-state index in [0.29, 0.717) is 36.6 Å². The van der Waals surface area contributed by atoms with E-state index in [0.717, 1.165) is 17.5 Å². The molecule has 1 aliphatic rings. The molecule has 0 radical (unpaired) electrons. The molecule has 0 aromatic heterocycles. The third-order valence-electron chi connectivity index (χ3n) is 5.91. The molecule has 3 N–H and O–H groups in total. The number of hydrogen-bond donors (Lipinski definition) is 3. The Morgan fingerprint density at radius 1 is 1.15 bits per heavy atom. The third-order valence-corrected chi connectivity index (χ3v) is 6.89. The zero-order valence-electron chi connectivity index (χ0n) is 20.0. The van der Waals surface area contributed by atoms with Crippen molar-refractivity contribution in [2.45, 2.75) is 63.4 Å². The molecule has 9 heteroatoms. The molecule has 2 aromatic carbocycles. The Balaban J connectivity index is 1.58. The van der Waals surface area contributed by atoms with Crippen molar-refractivity contribution < 1.29 is 23.3 Å². The van der Waals surface area contributed by atoms with Crippen LogP contribution in [0.3, 0.4) is 0 Å². The molecule has 3 unspecified atom stereocenters. The van der Waals surface area contributed by atoms with E-state index in [1.807, 2.05) is 19.1 Å². The molecule has 0 aliphatic carbocycles. The lowest BCUT2D eigenvalue weighted by Gasteiger charge is -2.37. The van der Waals surface area contributed by atoms with Crippen LogP contribution < -0.4 is 11.0 Å². The first-order valence-electron chi connectivity index (χ1n) is 11.7. The van der Waals surface area contributed by atoms with Gasteiger partial charge in [-0.2, -0.15) is 9.35 Å². The van der Waals surface area contributed by atoms with Crippen molar-refractivity contribution in [2.24, 2.45) is 5.92 Å². The maximum Gasteiger partial charge on any atom is 0.220 e. The predicted molar refractivity (Wildman–Crippen MR) is 131 cm³/mol. The van der Waals surface area contributed by atoms with Crippen LogP contribution in [0, 0.1) is 12.8 Å². The number of piperidine rings is 1. The second-order valence-corrected chi connectivity index (χ2v) is 10.2. The minimum Gasteiger partial charge on any atom is -0.353 e. The van der Waals surface area contributed by atoms with Gasteiger partial charge < -0.3 is 5.32 Å². The number of carbonyl (C=O) groups excluding carboxylic acids is 1. The lowest BCUT2D eigenvalue weighted by Crippen LogP contribution is -2.52. The van der Waals surface area contributed by atoms with E-state index < -0.39 is 11.1 Å². The summed E-state index contributed by atoms with van der Waals surface area (Å²) < 4.78 is 18.7. The van der Waals surface area contributed by atoms with Crippen LogP contribution >= 0.6 is 0 Å². The van der Waals surface area contributed by atoms with Crippen molar-refractivity contribution >= 4 is 17.0 Å². The van der Waals surface area contributed by atoms with Crippen LogP contribution in [-0.2, 0) is 25.0 Å². The number of aryl methyl sites for hydroxylation is 1. The number of hydrogen-bond acceptors (Lipinski definition) is 7. The number of hydroxylamine groups is 2. The van der Waals surface area contributed by atoms with Crippen LogP contribution in [-0.4, -0.2) is 45.6 Å². The Bertz CT molecular complexity index is 937. The Kier molecular flexibility index (Phi) is 10.2. The number of rotatable bonds is 11. The summed E-state index contributed by atoms with van der Waals surface area (Å²) in [6, 6.07) is 15.4. The van der Waals surface area contributed by atoms with Crippen molar-refractivity contribution in [1.82, 2.24) is 16.0 Å². The average molecular weight is 490 g/mol. The molecular formula is C25H35N3O5S. The molecule has 0 saturated carbocycles. The third kappa shape index (κ3) is 7.97. The summed E-state index contributed by atoms with van der Waals surface area (Å²) in [4.78, 5) is 17.8. The van der Waals surface area contributed by atoms with E-state index in [-0.39, 0.29) is 24.6 Å². The van der Waals surface area contributed by atoms with Crippen molar-refractivity contribution in [3.63, 3.8) is 0 Å². The molecule has 0 bridgehead atoms. The van der Waals surface area contributed by atoms with Gasteiger partial charge in [0.15, 0.2) is 0 Å². The van der Waals surface area contributed by atoms with Gasteiger partial charge in [-0.3, -0.25) is 14.8 Å². The van der Waals surface area contributed by atoms with Gasteiger partial charge in [0.25, 0.3) is 0 Å². The van der Waals surface area contributed by atoms with Crippen LogP contribution in [0.1, 0.15) is 45.1 Å². The van der Waals surface area contributed by atoms with Crippen LogP contribution in [0.5, 0.6) is 0 Å². The van der Waals surface area contributed by atoms with Gasteiger partial charge in [0, 0.05) is 19.0 Å². The quantitative estimate of drug-likeness (QED) is 0.412. The van der Waals surface area contributed by atoms with Gasteiger partial charge in [-0.1, -0.05) is 61.5 Å². The molecule has 0 spiro atoms. The fourth-order valence-corrected chi connectivity index (χ4v) is 4.71. The highest BCUT2D eigenvalue weighted by atomic mass is 32.2. The summed E-state index contributed by atoms with van der Waals surface area (Å²) in [5.74, 6) is 0.504. The van der Waals surface area contributed by atoms with Crippen molar-refractivity contribution in [3.8, 4) is 11.1 Å². The summed E-state index contributed by atoms with van der Waals surface area (Å²) in [5, 5.41) is 13.5. The molecule has 1 saturated heterocycles. The largest absolute Gasteiger partial charge is 0.353 e. The van der Waals surface area contributed by atoms with Gasteiger partial charge in [0.1, 0.15) is 0 Å². The van der Waals surface area contributed by atoms with E-state index in [1.165, 1.54) is 5.56 Å². The highest BCUT2D eigenvalue weighted by Crippen LogP contribution is 2.24. The highest BCUT2D eigenvalue weighted by Gasteiger charge is 2.32. The second-order valence-electron chi connectivity index (χ2n) is 9.12. The van der Waals surface area contributed by atoms with E-state index >= 15 is 0 Å². The molecule has 34 heavy (non-hydrogen) atoms. The molecule has 1 amide bonds. The monoisotopic (exact) mass is 489 g/mol. The SMILES string of the molecule is Cc1ccc(-c2ccc(S(=O)ON3CCC(NC(=O)CCC(C)C)CC3CONO)cc2)cc1. The van der Waals surface area contributed by atoms with Crippen LogP contribution in [0.2, 0.25) is 0 Å². The number of benzene rings is 2. The number of carbonyl (C=O) groups is 1. The van der Waals surface area contributed by atoms with Crippen molar-refractivity contribution in [1.29, 1.82) is 0 Å². The lowest BCUT2D eigenvalue weighted by molar-refractivity contribution is -0.179. The van der Waals surface area contributed by atoms with Crippen molar-refractivity contribution in [3.05, 3.63) is 54.1 Å². The fraction of sp³-hybridized carbons (Fsp3) is 0.480. The molecule has 8 nitrogen and oxygen atoms in total. The Labute approximate surface area is 204 Å². The minimum absolute atomic E-state index is 0.0327. The van der Waals surface area contributed by atoms with Gasteiger partial charge in [0.2, 0.25) is 17.0 Å². The average Bonchev–Trinajstić information content (AvgIpc) is 2.83. The van der Waals surface area contributed by atoms with Crippen LogP contribution in [0.25, 0.3) is 11.1 Å². The van der Waals surface area contributed by atoms with Crippen molar-refractivity contribution in [2.75, 3.05) is 13.2 Å². The van der Waals surface area contributed by atoms with Gasteiger partial charge in [-0.15, -0.1) is 0 Å². The minimum atomic E-state index is -1.71. The predicted octanol–water partition coefficient (Wildman–Crippen LogP) is 3.91. The Hall–Kier alpha value is -2.14. The van der Waals surface area contributed by atoms with E-state index in [4.69, 9.17) is 14.3 Å². The number of amides is 1. The van der Waals surface area contributed by atoms with Crippen LogP contribution in [0.4, 0.5) is 0 Å². The normalized spacial score (nSPS) is 19.8.